The van der Waals surface area contributed by atoms with E-state index in [-0.39, 0.29) is 5.41 Å². The minimum Gasteiger partial charge on any atom is -0.310 e. The number of hydrogen-bond acceptors (Lipinski definition) is 1. The minimum atomic E-state index is -0.389. The smallest absolute Gasteiger partial charge is 0.0725 e. The molecule has 0 radical (unpaired) electrons. The highest BCUT2D eigenvalue weighted by molar-refractivity contribution is 6.25. The van der Waals surface area contributed by atoms with Crippen LogP contribution in [0.2, 0.25) is 0 Å². The van der Waals surface area contributed by atoms with Gasteiger partial charge in [-0.1, -0.05) is 188 Å². The molecule has 0 saturated carbocycles. The van der Waals surface area contributed by atoms with Crippen molar-refractivity contribution in [2.24, 2.45) is 0 Å². The first-order valence-electron chi connectivity index (χ1n) is 20.9. The molecule has 0 fully saturated rings. The van der Waals surface area contributed by atoms with E-state index in [1.807, 2.05) is 0 Å². The van der Waals surface area contributed by atoms with Gasteiger partial charge in [-0.3, -0.25) is 0 Å². The molecule has 278 valence electrons. The van der Waals surface area contributed by atoms with Crippen molar-refractivity contribution >= 4 is 60.2 Å². The van der Waals surface area contributed by atoms with Crippen molar-refractivity contribution in [2.45, 2.75) is 5.41 Å². The Morgan fingerprint density at radius 2 is 0.683 bits per heavy atom. The molecule has 1 heteroatoms. The Labute approximate surface area is 349 Å². The largest absolute Gasteiger partial charge is 0.310 e. The van der Waals surface area contributed by atoms with Gasteiger partial charge < -0.3 is 4.90 Å². The van der Waals surface area contributed by atoms with Crippen LogP contribution in [0.3, 0.4) is 0 Å². The van der Waals surface area contributed by atoms with Crippen molar-refractivity contribution in [3.63, 3.8) is 0 Å². The Balaban J connectivity index is 1.08. The lowest BCUT2D eigenvalue weighted by Gasteiger charge is -2.31. The molecular weight excluding hydrogens is 723 g/mol. The van der Waals surface area contributed by atoms with Crippen molar-refractivity contribution in [2.75, 3.05) is 4.90 Å². The zero-order chi connectivity index (χ0) is 39.4. The van der Waals surface area contributed by atoms with Gasteiger partial charge in [0.1, 0.15) is 0 Å². The van der Waals surface area contributed by atoms with Crippen LogP contribution < -0.4 is 4.90 Å². The predicted molar refractivity (Wildman–Crippen MR) is 253 cm³/mol. The highest BCUT2D eigenvalue weighted by Crippen LogP contribution is 2.63. The van der Waals surface area contributed by atoms with Crippen LogP contribution in [0.15, 0.2) is 224 Å². The van der Waals surface area contributed by atoms with Crippen molar-refractivity contribution in [3.05, 3.63) is 247 Å². The molecular formula is C59H37N. The molecule has 0 heterocycles. The summed E-state index contributed by atoms with van der Waals surface area (Å²) in [5, 5.41) is 10.1. The van der Waals surface area contributed by atoms with Gasteiger partial charge in [-0.15, -0.1) is 0 Å². The van der Waals surface area contributed by atoms with E-state index in [2.05, 4.69) is 229 Å². The molecule has 0 amide bonds. The number of benzene rings is 11. The van der Waals surface area contributed by atoms with Gasteiger partial charge in [0, 0.05) is 17.1 Å². The van der Waals surface area contributed by atoms with Crippen molar-refractivity contribution in [1.82, 2.24) is 0 Å². The van der Waals surface area contributed by atoms with Gasteiger partial charge in [0.2, 0.25) is 0 Å². The van der Waals surface area contributed by atoms with Crippen LogP contribution in [0.25, 0.3) is 76.5 Å². The van der Waals surface area contributed by atoms with Crippen molar-refractivity contribution < 1.29 is 0 Å². The topological polar surface area (TPSA) is 3.24 Å². The fourth-order valence-electron chi connectivity index (χ4n) is 11.0. The van der Waals surface area contributed by atoms with Crippen molar-refractivity contribution in [3.8, 4) is 33.4 Å². The lowest BCUT2D eigenvalue weighted by atomic mass is 9.70. The SMILES string of the molecule is c1cc(-c2cccc3ccccc23)cc(N(c2ccc3c(c2)-c2ccccc2C32c3ccccc3-c3ccccc32)c2ccc3c4ccccc4c4ccccc4c3c2)c1. The maximum Gasteiger partial charge on any atom is 0.0725 e. The highest BCUT2D eigenvalue weighted by Gasteiger charge is 2.51. The standard InChI is InChI=1S/C59H37N/c1-2-19-43-38(15-1)16-14-27-44(43)39-17-13-18-40(35-39)60(41-31-33-49-47-22-4-3-20-45(47)46-21-5-6-23-48(46)53(49)36-41)42-32-34-58-54(37-42)52-26-9-12-30-57(52)59(58)55-28-10-7-24-50(55)51-25-8-11-29-56(51)59/h1-37H. The van der Waals surface area contributed by atoms with Crippen LogP contribution in [-0.4, -0.2) is 0 Å². The third-order valence-corrected chi connectivity index (χ3v) is 13.4. The van der Waals surface area contributed by atoms with Crippen LogP contribution in [0, 0.1) is 0 Å². The third-order valence-electron chi connectivity index (χ3n) is 13.4. The molecule has 11 aromatic rings. The number of anilines is 3. The first-order chi connectivity index (χ1) is 29.8. The molecule has 11 aromatic carbocycles. The molecule has 0 N–H and O–H groups in total. The number of rotatable bonds is 4. The summed E-state index contributed by atoms with van der Waals surface area (Å²) >= 11 is 0. The van der Waals surface area contributed by atoms with Crippen LogP contribution in [0.5, 0.6) is 0 Å². The summed E-state index contributed by atoms with van der Waals surface area (Å²) in [7, 11) is 0. The van der Waals surface area contributed by atoms with E-state index in [4.69, 9.17) is 0 Å². The van der Waals surface area contributed by atoms with E-state index in [9.17, 15) is 0 Å². The number of nitrogens with zero attached hydrogens (tertiary/aromatic N) is 1. The van der Waals surface area contributed by atoms with E-state index in [1.54, 1.807) is 0 Å². The second-order valence-electron chi connectivity index (χ2n) is 16.4. The summed E-state index contributed by atoms with van der Waals surface area (Å²) in [6.07, 6.45) is 0. The maximum atomic E-state index is 2.47. The van der Waals surface area contributed by atoms with Gasteiger partial charge in [0.05, 0.1) is 5.41 Å². The monoisotopic (exact) mass is 759 g/mol. The van der Waals surface area contributed by atoms with Gasteiger partial charge in [-0.05, 0) is 135 Å². The molecule has 0 aliphatic heterocycles. The molecule has 2 aliphatic rings. The Hall–Kier alpha value is -7.74. The van der Waals surface area contributed by atoms with Gasteiger partial charge in [-0.2, -0.15) is 0 Å². The molecule has 0 saturated heterocycles. The predicted octanol–water partition coefficient (Wildman–Crippen LogP) is 15.8. The second kappa shape index (κ2) is 12.6. The highest BCUT2D eigenvalue weighted by atomic mass is 15.1. The number of fused-ring (bicyclic) bond motifs is 17. The molecule has 60 heavy (non-hydrogen) atoms. The summed E-state index contributed by atoms with van der Waals surface area (Å²) in [5.41, 5.74) is 16.0. The lowest BCUT2D eigenvalue weighted by Crippen LogP contribution is -2.25. The van der Waals surface area contributed by atoms with E-state index in [0.29, 0.717) is 0 Å². The van der Waals surface area contributed by atoms with Crippen molar-refractivity contribution in [1.29, 1.82) is 0 Å². The molecule has 2 aliphatic carbocycles. The first-order valence-corrected chi connectivity index (χ1v) is 20.9. The summed E-state index contributed by atoms with van der Waals surface area (Å²) in [5.74, 6) is 0. The lowest BCUT2D eigenvalue weighted by molar-refractivity contribution is 0.794. The van der Waals surface area contributed by atoms with E-state index in [0.717, 1.165) is 17.1 Å². The Kier molecular flexibility index (Phi) is 7.00. The second-order valence-corrected chi connectivity index (χ2v) is 16.4. The molecule has 1 spiro atoms. The number of hydrogen-bond donors (Lipinski definition) is 0. The molecule has 0 unspecified atom stereocenters. The Morgan fingerprint density at radius 3 is 1.35 bits per heavy atom. The zero-order valence-corrected chi connectivity index (χ0v) is 32.8. The summed E-state index contributed by atoms with van der Waals surface area (Å²) < 4.78 is 0. The fraction of sp³-hybridized carbons (Fsp3) is 0.0169. The average molecular weight is 760 g/mol. The third kappa shape index (κ3) is 4.52. The summed E-state index contributed by atoms with van der Waals surface area (Å²) in [6, 6.07) is 83.6. The van der Waals surface area contributed by atoms with Gasteiger partial charge >= 0.3 is 0 Å². The first kappa shape index (κ1) is 33.3. The fourth-order valence-corrected chi connectivity index (χ4v) is 11.0. The quantitative estimate of drug-likeness (QED) is 0.162. The summed E-state index contributed by atoms with van der Waals surface area (Å²) in [6.45, 7) is 0. The molecule has 1 nitrogen and oxygen atoms in total. The average Bonchev–Trinajstić information content (AvgIpc) is 3.79. The van der Waals surface area contributed by atoms with Crippen LogP contribution in [0.4, 0.5) is 17.1 Å². The maximum absolute atomic E-state index is 2.47. The van der Waals surface area contributed by atoms with Crippen LogP contribution >= 0.6 is 0 Å². The normalized spacial score (nSPS) is 13.1. The Bertz CT molecular complexity index is 3490. The zero-order valence-electron chi connectivity index (χ0n) is 32.8. The van der Waals surface area contributed by atoms with Crippen LogP contribution in [0.1, 0.15) is 22.3 Å². The van der Waals surface area contributed by atoms with E-state index < -0.39 is 0 Å². The van der Waals surface area contributed by atoms with Gasteiger partial charge in [0.15, 0.2) is 0 Å². The van der Waals surface area contributed by atoms with E-state index in [1.165, 1.54) is 98.7 Å². The molecule has 0 atom stereocenters. The van der Waals surface area contributed by atoms with E-state index >= 15 is 0 Å². The molecule has 0 bridgehead atoms. The van der Waals surface area contributed by atoms with Crippen LogP contribution in [-0.2, 0) is 5.41 Å². The summed E-state index contributed by atoms with van der Waals surface area (Å²) in [4.78, 5) is 2.47. The molecule has 13 rings (SSSR count). The van der Waals surface area contributed by atoms with Gasteiger partial charge in [-0.25, -0.2) is 0 Å². The Morgan fingerprint density at radius 1 is 0.250 bits per heavy atom. The molecule has 0 aromatic heterocycles. The minimum absolute atomic E-state index is 0.389. The van der Waals surface area contributed by atoms with Gasteiger partial charge in [0.25, 0.3) is 0 Å².